The maximum absolute atomic E-state index is 12.4. The Labute approximate surface area is 140 Å². The molecule has 24 heavy (non-hydrogen) atoms. The number of fused-ring (bicyclic) bond motifs is 1. The quantitative estimate of drug-likeness (QED) is 0.841. The molecule has 1 aliphatic heterocycles. The fraction of sp³-hybridized carbons (Fsp3) is 0.375. The zero-order chi connectivity index (χ0) is 17.7. The summed E-state index contributed by atoms with van der Waals surface area (Å²) in [6, 6.07) is 3.31. The van der Waals surface area contributed by atoms with E-state index >= 15 is 0 Å². The number of benzene rings is 1. The Morgan fingerprint density at radius 1 is 0.958 bits per heavy atom. The molecule has 0 atom stereocenters. The first-order valence-corrected chi connectivity index (χ1v) is 7.44. The van der Waals surface area contributed by atoms with Gasteiger partial charge in [-0.25, -0.2) is 9.59 Å². The third-order valence-electron chi connectivity index (χ3n) is 3.27. The Balaban J connectivity index is 2.53. The number of carbonyl (C=O) groups excluding carboxylic acids is 2. The average molecular weight is 336 g/mol. The zero-order valence-electron chi connectivity index (χ0n) is 14.1. The number of rotatable bonds is 4. The SMILES string of the molecule is CCOC(=O)N1C=Cc2cc(OC)c(OC)cc2N1C(=O)OCC. The number of amides is 2. The summed E-state index contributed by atoms with van der Waals surface area (Å²) in [5.74, 6) is 0.930. The van der Waals surface area contributed by atoms with Gasteiger partial charge in [0.15, 0.2) is 11.5 Å². The van der Waals surface area contributed by atoms with Crippen LogP contribution in [0.4, 0.5) is 15.3 Å². The van der Waals surface area contributed by atoms with E-state index in [1.165, 1.54) is 20.4 Å². The normalized spacial score (nSPS) is 12.5. The molecule has 0 fully saturated rings. The van der Waals surface area contributed by atoms with Gasteiger partial charge in [-0.3, -0.25) is 0 Å². The molecule has 0 spiro atoms. The molecule has 0 radical (unpaired) electrons. The van der Waals surface area contributed by atoms with Gasteiger partial charge in [0.2, 0.25) is 0 Å². The summed E-state index contributed by atoms with van der Waals surface area (Å²) in [6.07, 6.45) is 1.71. The van der Waals surface area contributed by atoms with Crippen LogP contribution in [0.5, 0.6) is 11.5 Å². The van der Waals surface area contributed by atoms with Crippen LogP contribution in [0.25, 0.3) is 6.08 Å². The molecule has 2 rings (SSSR count). The molecule has 0 aliphatic carbocycles. The van der Waals surface area contributed by atoms with Crippen LogP contribution < -0.4 is 14.5 Å². The molecule has 1 aliphatic rings. The van der Waals surface area contributed by atoms with Gasteiger partial charge in [-0.05, 0) is 26.0 Å². The second-order valence-electron chi connectivity index (χ2n) is 4.64. The highest BCUT2D eigenvalue weighted by Gasteiger charge is 2.33. The summed E-state index contributed by atoms with van der Waals surface area (Å²) in [6.45, 7) is 3.71. The standard InChI is InChI=1S/C16H20N2O6/c1-5-23-15(19)17-8-7-11-9-13(21-3)14(22-4)10-12(11)18(17)16(20)24-6-2/h7-10H,5-6H2,1-4H3. The summed E-state index contributed by atoms with van der Waals surface area (Å²) in [4.78, 5) is 24.5. The Kier molecular flexibility index (Phi) is 5.51. The number of methoxy groups -OCH3 is 2. The fourth-order valence-corrected chi connectivity index (χ4v) is 2.24. The van der Waals surface area contributed by atoms with Crippen molar-refractivity contribution in [3.63, 3.8) is 0 Å². The number of ether oxygens (including phenoxy) is 4. The van der Waals surface area contributed by atoms with E-state index in [1.54, 1.807) is 32.1 Å². The molecule has 130 valence electrons. The highest BCUT2D eigenvalue weighted by Crippen LogP contribution is 2.38. The topological polar surface area (TPSA) is 77.5 Å². The van der Waals surface area contributed by atoms with Crippen LogP contribution in [0, 0.1) is 0 Å². The van der Waals surface area contributed by atoms with Crippen molar-refractivity contribution in [2.24, 2.45) is 0 Å². The van der Waals surface area contributed by atoms with Gasteiger partial charge < -0.3 is 18.9 Å². The molecule has 0 N–H and O–H groups in total. The maximum atomic E-state index is 12.4. The molecule has 8 heteroatoms. The van der Waals surface area contributed by atoms with Crippen LogP contribution in [-0.2, 0) is 9.47 Å². The summed E-state index contributed by atoms with van der Waals surface area (Å²) in [7, 11) is 3.01. The Hall–Kier alpha value is -2.90. The first-order valence-electron chi connectivity index (χ1n) is 7.44. The monoisotopic (exact) mass is 336 g/mol. The van der Waals surface area contributed by atoms with Gasteiger partial charge in [0.1, 0.15) is 0 Å². The Morgan fingerprint density at radius 2 is 1.54 bits per heavy atom. The van der Waals surface area contributed by atoms with E-state index in [4.69, 9.17) is 18.9 Å². The van der Waals surface area contributed by atoms with E-state index in [2.05, 4.69) is 0 Å². The highest BCUT2D eigenvalue weighted by atomic mass is 16.6. The van der Waals surface area contributed by atoms with E-state index in [1.807, 2.05) is 0 Å². The van der Waals surface area contributed by atoms with Gasteiger partial charge in [0, 0.05) is 17.8 Å². The third-order valence-corrected chi connectivity index (χ3v) is 3.27. The molecular weight excluding hydrogens is 316 g/mol. The van der Waals surface area contributed by atoms with E-state index in [0.29, 0.717) is 22.7 Å². The minimum absolute atomic E-state index is 0.165. The number of carbonyl (C=O) groups is 2. The number of hydrogen-bond acceptors (Lipinski definition) is 6. The van der Waals surface area contributed by atoms with E-state index in [9.17, 15) is 9.59 Å². The number of hydrazine groups is 1. The second-order valence-corrected chi connectivity index (χ2v) is 4.64. The summed E-state index contributed by atoms with van der Waals surface area (Å²) in [5, 5.41) is 2.15. The van der Waals surface area contributed by atoms with E-state index in [0.717, 1.165) is 10.0 Å². The minimum Gasteiger partial charge on any atom is -0.493 e. The largest absolute Gasteiger partial charge is 0.493 e. The zero-order valence-corrected chi connectivity index (χ0v) is 14.1. The van der Waals surface area contributed by atoms with Crippen LogP contribution in [0.1, 0.15) is 19.4 Å². The van der Waals surface area contributed by atoms with E-state index in [-0.39, 0.29) is 13.2 Å². The van der Waals surface area contributed by atoms with Crippen molar-refractivity contribution < 1.29 is 28.5 Å². The van der Waals surface area contributed by atoms with Crippen LogP contribution in [-0.4, -0.2) is 44.6 Å². The van der Waals surface area contributed by atoms with Crippen LogP contribution >= 0.6 is 0 Å². The molecule has 2 amide bonds. The van der Waals surface area contributed by atoms with Gasteiger partial charge >= 0.3 is 12.2 Å². The van der Waals surface area contributed by atoms with Gasteiger partial charge in [0.05, 0.1) is 33.1 Å². The molecule has 1 aromatic rings. The molecule has 0 saturated heterocycles. The lowest BCUT2D eigenvalue weighted by molar-refractivity contribution is 0.107. The summed E-state index contributed by atoms with van der Waals surface area (Å²) >= 11 is 0. The average Bonchev–Trinajstić information content (AvgIpc) is 2.59. The first kappa shape index (κ1) is 17.5. The summed E-state index contributed by atoms with van der Waals surface area (Å²) in [5.41, 5.74) is 1.09. The van der Waals surface area contributed by atoms with Crippen LogP contribution in [0.2, 0.25) is 0 Å². The van der Waals surface area contributed by atoms with Crippen molar-refractivity contribution in [1.29, 1.82) is 0 Å². The Bertz CT molecular complexity index is 658. The van der Waals surface area contributed by atoms with Gasteiger partial charge in [-0.15, -0.1) is 0 Å². The number of nitrogens with zero attached hydrogens (tertiary/aromatic N) is 2. The lowest BCUT2D eigenvalue weighted by Gasteiger charge is -2.34. The lowest BCUT2D eigenvalue weighted by Crippen LogP contribution is -2.49. The molecular formula is C16H20N2O6. The van der Waals surface area contributed by atoms with Crippen molar-refractivity contribution in [3.05, 3.63) is 23.9 Å². The van der Waals surface area contributed by atoms with Crippen molar-refractivity contribution >= 4 is 23.9 Å². The van der Waals surface area contributed by atoms with Crippen molar-refractivity contribution in [1.82, 2.24) is 5.01 Å². The van der Waals surface area contributed by atoms with Crippen LogP contribution in [0.15, 0.2) is 18.3 Å². The maximum Gasteiger partial charge on any atom is 0.434 e. The molecule has 0 bridgehead atoms. The predicted molar refractivity (Wildman–Crippen MR) is 86.9 cm³/mol. The van der Waals surface area contributed by atoms with Crippen LogP contribution in [0.3, 0.4) is 0 Å². The minimum atomic E-state index is -0.705. The molecule has 8 nitrogen and oxygen atoms in total. The molecule has 1 heterocycles. The second kappa shape index (κ2) is 7.58. The van der Waals surface area contributed by atoms with Crippen molar-refractivity contribution in [2.45, 2.75) is 13.8 Å². The van der Waals surface area contributed by atoms with Crippen molar-refractivity contribution in [2.75, 3.05) is 32.4 Å². The summed E-state index contributed by atoms with van der Waals surface area (Å²) < 4.78 is 20.6. The van der Waals surface area contributed by atoms with Gasteiger partial charge in [-0.2, -0.15) is 10.0 Å². The third kappa shape index (κ3) is 3.22. The lowest BCUT2D eigenvalue weighted by atomic mass is 10.1. The van der Waals surface area contributed by atoms with Gasteiger partial charge in [0.25, 0.3) is 0 Å². The smallest absolute Gasteiger partial charge is 0.434 e. The number of hydrogen-bond donors (Lipinski definition) is 0. The molecule has 0 unspecified atom stereocenters. The highest BCUT2D eigenvalue weighted by molar-refractivity contribution is 5.96. The molecule has 0 saturated carbocycles. The number of anilines is 1. The van der Waals surface area contributed by atoms with Crippen molar-refractivity contribution in [3.8, 4) is 11.5 Å². The Morgan fingerprint density at radius 3 is 2.12 bits per heavy atom. The van der Waals surface area contributed by atoms with E-state index < -0.39 is 12.2 Å². The molecule has 1 aromatic carbocycles. The first-order chi connectivity index (χ1) is 11.6. The fourth-order valence-electron chi connectivity index (χ4n) is 2.24. The molecule has 0 aromatic heterocycles. The predicted octanol–water partition coefficient (Wildman–Crippen LogP) is 3.02. The van der Waals surface area contributed by atoms with Gasteiger partial charge in [-0.1, -0.05) is 0 Å².